The summed E-state index contributed by atoms with van der Waals surface area (Å²) in [6.07, 6.45) is 2.34. The number of hydrogen-bond acceptors (Lipinski definition) is 6. The molecule has 0 amide bonds. The fourth-order valence-corrected chi connectivity index (χ4v) is 3.86. The van der Waals surface area contributed by atoms with E-state index >= 15 is 0 Å². The van der Waals surface area contributed by atoms with Gasteiger partial charge >= 0.3 is 8.97 Å². The fourth-order valence-electron chi connectivity index (χ4n) is 1.40. The zero-order valence-corrected chi connectivity index (χ0v) is 12.1. The summed E-state index contributed by atoms with van der Waals surface area (Å²) in [5.74, 6) is 0. The van der Waals surface area contributed by atoms with Gasteiger partial charge in [-0.1, -0.05) is 12.0 Å². The van der Waals surface area contributed by atoms with Crippen molar-refractivity contribution in [2.24, 2.45) is 5.10 Å². The Hall–Kier alpha value is -0.723. The lowest BCUT2D eigenvalue weighted by atomic mass is 10.5. The number of carbonyl (C=O) groups excluding carboxylic acids is 1. The van der Waals surface area contributed by atoms with E-state index in [0.717, 1.165) is 6.42 Å². The van der Waals surface area contributed by atoms with Crippen LogP contribution in [0.3, 0.4) is 0 Å². The number of hydrazone groups is 1. The molecule has 0 aromatic carbocycles. The van der Waals surface area contributed by atoms with Crippen molar-refractivity contribution in [1.82, 2.24) is 4.67 Å². The lowest BCUT2D eigenvalue weighted by molar-refractivity contribution is 0.0172. The molecule has 0 aliphatic rings. The summed E-state index contributed by atoms with van der Waals surface area (Å²) in [6, 6.07) is 0. The third-order valence-electron chi connectivity index (χ3n) is 1.89. The van der Waals surface area contributed by atoms with Gasteiger partial charge < -0.3 is 13.3 Å². The largest absolute Gasteiger partial charge is 0.651 e. The maximum atomic E-state index is 10.5. The molecule has 100 valence electrons. The molecular formula is C10H22N2O4Si. The molecule has 0 bridgehead atoms. The first-order chi connectivity index (χ1) is 8.20. The molecule has 0 spiro atoms. The zero-order chi connectivity index (χ0) is 13.1. The van der Waals surface area contributed by atoms with Crippen molar-refractivity contribution < 1.29 is 18.1 Å². The molecule has 0 aromatic rings. The van der Waals surface area contributed by atoms with Crippen LogP contribution in [0.4, 0.5) is 0 Å². The zero-order valence-electron chi connectivity index (χ0n) is 11.1. The number of nitrogens with zero attached hydrogens (tertiary/aromatic N) is 2. The van der Waals surface area contributed by atoms with Gasteiger partial charge in [-0.25, -0.2) is 9.47 Å². The van der Waals surface area contributed by atoms with Crippen molar-refractivity contribution in [3.8, 4) is 0 Å². The van der Waals surface area contributed by atoms with E-state index in [2.05, 4.69) is 5.10 Å². The molecule has 0 heterocycles. The molecular weight excluding hydrogens is 240 g/mol. The summed E-state index contributed by atoms with van der Waals surface area (Å²) >= 11 is 0. The van der Waals surface area contributed by atoms with Crippen molar-refractivity contribution in [2.75, 3.05) is 26.4 Å². The topological polar surface area (TPSA) is 60.4 Å². The maximum absolute atomic E-state index is 10.5. The summed E-state index contributed by atoms with van der Waals surface area (Å²) in [7, 11) is -3.06. The second-order valence-corrected chi connectivity index (χ2v) is 5.57. The van der Waals surface area contributed by atoms with E-state index < -0.39 is 8.97 Å². The minimum absolute atomic E-state index is 0.445. The van der Waals surface area contributed by atoms with E-state index in [0.29, 0.717) is 26.4 Å². The molecule has 0 atom stereocenters. The molecule has 0 saturated heterocycles. The second kappa shape index (κ2) is 9.32. The Balaban J connectivity index is 5.07. The average molecular weight is 262 g/mol. The summed E-state index contributed by atoms with van der Waals surface area (Å²) in [5.41, 5.74) is 0. The van der Waals surface area contributed by atoms with Crippen molar-refractivity contribution in [3.05, 3.63) is 0 Å². The highest BCUT2D eigenvalue weighted by Crippen LogP contribution is 2.17. The third kappa shape index (κ3) is 4.97. The predicted octanol–water partition coefficient (Wildman–Crippen LogP) is 1.49. The number of rotatable bonds is 10. The van der Waals surface area contributed by atoms with E-state index in [1.165, 1.54) is 10.8 Å². The molecule has 0 aliphatic heterocycles. The van der Waals surface area contributed by atoms with E-state index in [4.69, 9.17) is 13.3 Å². The van der Waals surface area contributed by atoms with Gasteiger partial charge in [-0.15, -0.1) is 0 Å². The van der Waals surface area contributed by atoms with Gasteiger partial charge in [0.1, 0.15) is 0 Å². The Morgan fingerprint density at radius 3 is 1.82 bits per heavy atom. The molecule has 0 saturated carbocycles. The molecule has 0 aromatic heterocycles. The summed E-state index contributed by atoms with van der Waals surface area (Å²) in [4.78, 5) is 10.5. The highest BCUT2D eigenvalue weighted by atomic mass is 28.4. The van der Waals surface area contributed by atoms with Gasteiger partial charge in [-0.05, 0) is 27.2 Å². The normalized spacial score (nSPS) is 11.1. The van der Waals surface area contributed by atoms with Crippen LogP contribution in [-0.2, 0) is 18.1 Å². The van der Waals surface area contributed by atoms with Crippen molar-refractivity contribution in [3.63, 3.8) is 0 Å². The maximum Gasteiger partial charge on any atom is 0.651 e. The van der Waals surface area contributed by atoms with Crippen LogP contribution in [-0.4, -0.2) is 46.1 Å². The monoisotopic (exact) mass is 262 g/mol. The third-order valence-corrected chi connectivity index (χ3v) is 4.81. The van der Waals surface area contributed by atoms with Crippen LogP contribution >= 0.6 is 0 Å². The second-order valence-electron chi connectivity index (χ2n) is 3.14. The fraction of sp³-hybridized carbons (Fsp3) is 0.900. The van der Waals surface area contributed by atoms with Gasteiger partial charge in [0.05, 0.1) is 0 Å². The molecule has 0 N–H and O–H groups in total. The summed E-state index contributed by atoms with van der Waals surface area (Å²) in [5, 5.41) is 3.66. The van der Waals surface area contributed by atoms with Crippen LogP contribution in [0.2, 0.25) is 0 Å². The van der Waals surface area contributed by atoms with E-state index in [-0.39, 0.29) is 0 Å². The van der Waals surface area contributed by atoms with Crippen LogP contribution in [0, 0.1) is 0 Å². The molecule has 17 heavy (non-hydrogen) atoms. The van der Waals surface area contributed by atoms with Gasteiger partial charge in [0, 0.05) is 26.4 Å². The van der Waals surface area contributed by atoms with E-state index in [1.54, 1.807) is 0 Å². The molecule has 0 rings (SSSR count). The molecule has 0 aliphatic carbocycles. The Morgan fingerprint density at radius 1 is 1.06 bits per heavy atom. The van der Waals surface area contributed by atoms with Crippen LogP contribution in [0.1, 0.15) is 34.1 Å². The quantitative estimate of drug-likeness (QED) is 0.258. The first-order valence-corrected chi connectivity index (χ1v) is 7.65. The van der Waals surface area contributed by atoms with Crippen LogP contribution in [0.25, 0.3) is 0 Å². The standard InChI is InChI=1S/C10H22N2O4Si/c1-5-9-12(11-10-13)17(14-6-2,15-7-3)16-8-4/h5-9H2,1-4H3. The summed E-state index contributed by atoms with van der Waals surface area (Å²) < 4.78 is 18.4. The first kappa shape index (κ1) is 16.3. The smallest absolute Gasteiger partial charge is 0.356 e. The molecule has 7 heteroatoms. The van der Waals surface area contributed by atoms with Gasteiger partial charge in [0.2, 0.25) is 0 Å². The molecule has 0 unspecified atom stereocenters. The predicted molar refractivity (Wildman–Crippen MR) is 65.8 cm³/mol. The van der Waals surface area contributed by atoms with Crippen molar-refractivity contribution >= 4 is 15.0 Å². The minimum Gasteiger partial charge on any atom is -0.356 e. The average Bonchev–Trinajstić information content (AvgIpc) is 2.29. The molecule has 6 nitrogen and oxygen atoms in total. The number of hydrogen-bond donors (Lipinski definition) is 0. The van der Waals surface area contributed by atoms with E-state index in [9.17, 15) is 4.79 Å². The molecule has 0 radical (unpaired) electrons. The van der Waals surface area contributed by atoms with Gasteiger partial charge in [-0.3, -0.25) is 0 Å². The van der Waals surface area contributed by atoms with Gasteiger partial charge in [-0.2, -0.15) is 0 Å². The van der Waals surface area contributed by atoms with Gasteiger partial charge in [0.15, 0.2) is 0 Å². The van der Waals surface area contributed by atoms with Crippen LogP contribution in [0.15, 0.2) is 5.10 Å². The van der Waals surface area contributed by atoms with Crippen LogP contribution in [0.5, 0.6) is 0 Å². The van der Waals surface area contributed by atoms with Gasteiger partial charge in [0.25, 0.3) is 6.08 Å². The van der Waals surface area contributed by atoms with Crippen molar-refractivity contribution in [1.29, 1.82) is 0 Å². The SMILES string of the molecule is CCCN(N=C=O)[Si](OCC)(OCC)OCC. The highest BCUT2D eigenvalue weighted by Gasteiger charge is 2.49. The summed E-state index contributed by atoms with van der Waals surface area (Å²) in [6.45, 7) is 9.43. The lowest BCUT2D eigenvalue weighted by Gasteiger charge is -2.34. The Morgan fingerprint density at radius 2 is 1.53 bits per heavy atom. The lowest BCUT2D eigenvalue weighted by Crippen LogP contribution is -2.59. The Labute approximate surface area is 104 Å². The van der Waals surface area contributed by atoms with E-state index in [1.807, 2.05) is 27.7 Å². The minimum atomic E-state index is -3.06. The van der Waals surface area contributed by atoms with Crippen molar-refractivity contribution in [2.45, 2.75) is 34.1 Å². The molecule has 0 fully saturated rings. The Kier molecular flexibility index (Phi) is 8.93. The van der Waals surface area contributed by atoms with Crippen LogP contribution < -0.4 is 0 Å². The highest BCUT2D eigenvalue weighted by molar-refractivity contribution is 6.57. The number of isocyanates is 1. The Bertz CT molecular complexity index is 229. The first-order valence-electron chi connectivity index (χ1n) is 5.97.